The van der Waals surface area contributed by atoms with E-state index in [1.165, 1.54) is 25.5 Å². The molecule has 0 spiro atoms. The average molecular weight is 586 g/mol. The molecular formula is C25H18Cl5N3O3. The molecule has 0 aliphatic heterocycles. The molecule has 4 rings (SSSR count). The Labute approximate surface area is 232 Å². The summed E-state index contributed by atoms with van der Waals surface area (Å²) in [5.41, 5.74) is 2.30. The van der Waals surface area contributed by atoms with Gasteiger partial charge in [-0.2, -0.15) is 0 Å². The lowest BCUT2D eigenvalue weighted by Crippen LogP contribution is -2.18. The normalized spacial score (nSPS) is 18.1. The number of oxime groups is 1. The number of halogens is 5. The van der Waals surface area contributed by atoms with E-state index < -0.39 is 28.0 Å². The zero-order chi connectivity index (χ0) is 26.0. The predicted octanol–water partition coefficient (Wildman–Crippen LogP) is 7.41. The number of para-hydroxylation sites is 1. The smallest absolute Gasteiger partial charge is 0.257 e. The zero-order valence-corrected chi connectivity index (χ0v) is 22.3. The minimum atomic E-state index is -1.34. The van der Waals surface area contributed by atoms with Gasteiger partial charge < -0.3 is 15.5 Å². The van der Waals surface area contributed by atoms with Crippen LogP contribution in [0.2, 0.25) is 15.1 Å². The van der Waals surface area contributed by atoms with E-state index in [0.29, 0.717) is 32.5 Å². The maximum Gasteiger partial charge on any atom is 0.257 e. The van der Waals surface area contributed by atoms with E-state index in [1.807, 2.05) is 0 Å². The third-order valence-electron chi connectivity index (χ3n) is 5.56. The lowest BCUT2D eigenvalue weighted by molar-refractivity contribution is -0.117. The minimum Gasteiger partial charge on any atom is -0.399 e. The van der Waals surface area contributed by atoms with Crippen molar-refractivity contribution in [3.63, 3.8) is 0 Å². The number of nitrogens with one attached hydrogen (secondary N) is 2. The highest BCUT2D eigenvalue weighted by molar-refractivity contribution is 6.53. The molecule has 1 unspecified atom stereocenters. The molecule has 0 heterocycles. The number of nitrogens with zero attached hydrogens (tertiary/aromatic N) is 1. The lowest BCUT2D eigenvalue weighted by atomic mass is 10.1. The molecular weight excluding hydrogens is 568 g/mol. The summed E-state index contributed by atoms with van der Waals surface area (Å²) in [5.74, 6) is -2.15. The summed E-state index contributed by atoms with van der Waals surface area (Å²) >= 11 is 31.3. The van der Waals surface area contributed by atoms with Crippen LogP contribution in [0, 0.1) is 5.92 Å². The minimum absolute atomic E-state index is 0.157. The Hall–Kier alpha value is -2.48. The van der Waals surface area contributed by atoms with Crippen LogP contribution in [-0.4, -0.2) is 29.5 Å². The predicted molar refractivity (Wildman–Crippen MR) is 146 cm³/mol. The maximum absolute atomic E-state index is 13.0. The van der Waals surface area contributed by atoms with Crippen molar-refractivity contribution in [2.45, 2.75) is 10.3 Å². The molecule has 1 fully saturated rings. The number of rotatable bonds is 7. The highest BCUT2D eigenvalue weighted by atomic mass is 35.5. The maximum atomic E-state index is 13.0. The lowest BCUT2D eigenvalue weighted by Gasteiger charge is -2.11. The Morgan fingerprint density at radius 2 is 1.67 bits per heavy atom. The highest BCUT2D eigenvalue weighted by Crippen LogP contribution is 2.65. The van der Waals surface area contributed by atoms with Crippen molar-refractivity contribution < 1.29 is 14.4 Å². The third-order valence-corrected chi connectivity index (χ3v) is 7.27. The van der Waals surface area contributed by atoms with Gasteiger partial charge >= 0.3 is 0 Å². The van der Waals surface area contributed by atoms with Crippen molar-refractivity contribution in [3.8, 4) is 0 Å². The molecule has 3 aromatic rings. The van der Waals surface area contributed by atoms with Gasteiger partial charge in [0, 0.05) is 32.9 Å². The third kappa shape index (κ3) is 5.74. The molecule has 2 amide bonds. The number of carbonyl (C=O) groups excluding carboxylic acids is 2. The summed E-state index contributed by atoms with van der Waals surface area (Å²) in [4.78, 5) is 30.8. The summed E-state index contributed by atoms with van der Waals surface area (Å²) < 4.78 is -1.34. The van der Waals surface area contributed by atoms with Crippen LogP contribution in [0.3, 0.4) is 0 Å². The van der Waals surface area contributed by atoms with Crippen LogP contribution in [0.25, 0.3) is 0 Å². The van der Waals surface area contributed by atoms with E-state index >= 15 is 0 Å². The van der Waals surface area contributed by atoms with Gasteiger partial charge in [-0.1, -0.05) is 58.2 Å². The van der Waals surface area contributed by atoms with Crippen LogP contribution >= 0.6 is 58.0 Å². The molecule has 36 heavy (non-hydrogen) atoms. The fraction of sp³-hybridized carbons (Fsp3) is 0.160. The van der Waals surface area contributed by atoms with E-state index in [-0.39, 0.29) is 10.6 Å². The van der Waals surface area contributed by atoms with E-state index in [0.717, 1.165) is 0 Å². The molecule has 1 aliphatic rings. The Bertz CT molecular complexity index is 1340. The molecule has 6 nitrogen and oxygen atoms in total. The van der Waals surface area contributed by atoms with Crippen molar-refractivity contribution in [1.82, 2.24) is 0 Å². The van der Waals surface area contributed by atoms with E-state index in [2.05, 4.69) is 15.8 Å². The van der Waals surface area contributed by atoms with Crippen molar-refractivity contribution in [1.29, 1.82) is 0 Å². The molecule has 11 heteroatoms. The number of hydrogen-bond acceptors (Lipinski definition) is 4. The molecule has 1 saturated carbocycles. The van der Waals surface area contributed by atoms with Gasteiger partial charge in [-0.3, -0.25) is 9.59 Å². The largest absolute Gasteiger partial charge is 0.399 e. The molecule has 0 aromatic heterocycles. The fourth-order valence-electron chi connectivity index (χ4n) is 3.84. The van der Waals surface area contributed by atoms with Crippen molar-refractivity contribution >= 4 is 87.4 Å². The van der Waals surface area contributed by atoms with Gasteiger partial charge in [0.1, 0.15) is 11.4 Å². The van der Waals surface area contributed by atoms with Gasteiger partial charge in [0.2, 0.25) is 5.91 Å². The van der Waals surface area contributed by atoms with Gasteiger partial charge in [-0.15, -0.1) is 23.2 Å². The van der Waals surface area contributed by atoms with Gasteiger partial charge in [0.05, 0.1) is 22.7 Å². The summed E-state index contributed by atoms with van der Waals surface area (Å²) in [6.07, 6.45) is 1.47. The average Bonchev–Trinajstić information content (AvgIpc) is 3.41. The van der Waals surface area contributed by atoms with Crippen molar-refractivity contribution in [2.75, 3.05) is 17.7 Å². The Kier molecular flexibility index (Phi) is 8.03. The van der Waals surface area contributed by atoms with Gasteiger partial charge in [-0.25, -0.2) is 0 Å². The molecule has 0 saturated heterocycles. The summed E-state index contributed by atoms with van der Waals surface area (Å²) in [5, 5.41) is 10.3. The Morgan fingerprint density at radius 3 is 2.36 bits per heavy atom. The van der Waals surface area contributed by atoms with Crippen LogP contribution in [-0.2, 0) is 9.63 Å². The molecule has 2 atom stereocenters. The second-order valence-corrected chi connectivity index (χ2v) is 10.7. The van der Waals surface area contributed by atoms with Gasteiger partial charge in [0.25, 0.3) is 5.91 Å². The van der Waals surface area contributed by atoms with Crippen LogP contribution < -0.4 is 10.6 Å². The Balaban J connectivity index is 1.51. The fourth-order valence-corrected chi connectivity index (χ4v) is 5.42. The zero-order valence-electron chi connectivity index (χ0n) is 18.6. The molecule has 0 radical (unpaired) electrons. The van der Waals surface area contributed by atoms with Crippen molar-refractivity contribution in [3.05, 3.63) is 92.4 Å². The monoisotopic (exact) mass is 583 g/mol. The van der Waals surface area contributed by atoms with E-state index in [4.69, 9.17) is 62.8 Å². The number of hydrogen-bond donors (Lipinski definition) is 2. The molecule has 1 aliphatic carbocycles. The first kappa shape index (κ1) is 26.6. The summed E-state index contributed by atoms with van der Waals surface area (Å²) in [6.45, 7) is 0. The standard InChI is InChI=1S/C25H18Cl5N3O3/c1-36-31-12-13-4-2-3-5-20(13)33-23(34)18-11-17(6-7-19(18)28)32-24(35)22-21(25(22,29)30)14-8-15(26)10-16(27)9-14/h2-12,21-22H,1H3,(H,32,35)(H,33,34)/b31-12+/t21?,22-/m1/s1. The summed E-state index contributed by atoms with van der Waals surface area (Å²) in [6, 6.07) is 16.5. The van der Waals surface area contributed by atoms with Crippen LogP contribution in [0.15, 0.2) is 65.8 Å². The molecule has 2 N–H and O–H groups in total. The first-order valence-electron chi connectivity index (χ1n) is 10.5. The first-order chi connectivity index (χ1) is 17.1. The van der Waals surface area contributed by atoms with Gasteiger partial charge in [0.15, 0.2) is 0 Å². The second kappa shape index (κ2) is 10.9. The quantitative estimate of drug-likeness (QED) is 0.172. The molecule has 3 aromatic carbocycles. The Morgan fingerprint density at radius 1 is 0.972 bits per heavy atom. The molecule has 186 valence electrons. The van der Waals surface area contributed by atoms with Crippen LogP contribution in [0.1, 0.15) is 27.4 Å². The number of anilines is 2. The summed E-state index contributed by atoms with van der Waals surface area (Å²) in [7, 11) is 1.42. The van der Waals surface area contributed by atoms with Crippen LogP contribution in [0.5, 0.6) is 0 Å². The number of carbonyl (C=O) groups is 2. The first-order valence-corrected chi connectivity index (χ1v) is 12.4. The number of benzene rings is 3. The molecule has 0 bridgehead atoms. The van der Waals surface area contributed by atoms with Crippen molar-refractivity contribution in [2.24, 2.45) is 11.1 Å². The number of alkyl halides is 2. The van der Waals surface area contributed by atoms with E-state index in [9.17, 15) is 9.59 Å². The topological polar surface area (TPSA) is 79.8 Å². The number of amides is 2. The van der Waals surface area contributed by atoms with Gasteiger partial charge in [-0.05, 0) is 48.0 Å². The highest BCUT2D eigenvalue weighted by Gasteiger charge is 2.67. The van der Waals surface area contributed by atoms with Crippen LogP contribution in [0.4, 0.5) is 11.4 Å². The SMILES string of the molecule is CO/N=C/c1ccccc1NC(=O)c1cc(NC(=O)[C@H]2C(c3cc(Cl)cc(Cl)c3)C2(Cl)Cl)ccc1Cl. The second-order valence-electron chi connectivity index (χ2n) is 7.97. The van der Waals surface area contributed by atoms with E-state index in [1.54, 1.807) is 48.5 Å².